The van der Waals surface area contributed by atoms with Gasteiger partial charge in [0.2, 0.25) is 0 Å². The average Bonchev–Trinajstić information content (AvgIpc) is 3.19. The second-order valence-electron chi connectivity index (χ2n) is 17.9. The molecule has 58 heavy (non-hydrogen) atoms. The van der Waals surface area contributed by atoms with Crippen molar-refractivity contribution >= 4 is 80.5 Å². The summed E-state index contributed by atoms with van der Waals surface area (Å²) in [5, 5.41) is 8.54. The van der Waals surface area contributed by atoms with E-state index in [9.17, 15) is 0 Å². The van der Waals surface area contributed by atoms with Gasteiger partial charge in [-0.3, -0.25) is 0 Å². The number of benzene rings is 6. The number of rotatable bonds is 12. The monoisotopic (exact) mass is 994 g/mol. The minimum atomic E-state index is -1.71. The summed E-state index contributed by atoms with van der Waals surface area (Å²) in [7, 11) is -10.3. The van der Waals surface area contributed by atoms with E-state index in [1.807, 2.05) is 0 Å². The van der Waals surface area contributed by atoms with Gasteiger partial charge in [0.1, 0.15) is 0 Å². The van der Waals surface area contributed by atoms with Gasteiger partial charge in [-0.25, -0.2) is 0 Å². The van der Waals surface area contributed by atoms with Gasteiger partial charge in [-0.15, -0.1) is 0 Å². The summed E-state index contributed by atoms with van der Waals surface area (Å²) in [5.41, 5.74) is 0. The predicted octanol–water partition coefficient (Wildman–Crippen LogP) is 10.8. The SMILES string of the molecule is C[Si](C)([N-][Si](C)(C)c1ccccc1)c1ccccc1.C[Si](C)([N-][Si](C)(C)c1ccccc1)c1ccccc1.C[Si](C)([N-][Si](C)(C)c1ccccc1)c1ccccc1.[Nd+3]. The fraction of sp³-hybridized carbons (Fsp3) is 0.250. The zero-order chi connectivity index (χ0) is 41.8. The van der Waals surface area contributed by atoms with Gasteiger partial charge >= 0.3 is 40.8 Å². The molecule has 0 spiro atoms. The summed E-state index contributed by atoms with van der Waals surface area (Å²) in [6.45, 7) is 28.2. The fourth-order valence-electron chi connectivity index (χ4n) is 7.56. The molecule has 0 aliphatic heterocycles. The summed E-state index contributed by atoms with van der Waals surface area (Å²) in [6, 6.07) is 64.7. The zero-order valence-corrected chi connectivity index (χ0v) is 46.4. The number of hydrogen-bond acceptors (Lipinski definition) is 0. The van der Waals surface area contributed by atoms with Crippen LogP contribution in [0.1, 0.15) is 0 Å². The third kappa shape index (κ3) is 15.1. The Labute approximate surface area is 392 Å². The van der Waals surface area contributed by atoms with E-state index in [1.54, 1.807) is 0 Å². The molecule has 0 heterocycles. The summed E-state index contributed by atoms with van der Waals surface area (Å²) >= 11 is 0. The molecule has 0 atom stereocenters. The van der Waals surface area contributed by atoms with E-state index in [4.69, 9.17) is 13.9 Å². The average molecular weight is 998 g/mol. The van der Waals surface area contributed by atoms with E-state index in [-0.39, 0.29) is 40.8 Å². The second-order valence-corrected chi connectivity index (χ2v) is 42.7. The molecule has 0 aromatic heterocycles. The third-order valence-electron chi connectivity index (χ3n) is 10.6. The van der Waals surface area contributed by atoms with Crippen LogP contribution in [0.25, 0.3) is 13.9 Å². The smallest absolute Gasteiger partial charge is 0.660 e. The summed E-state index contributed by atoms with van der Waals surface area (Å²) in [5.74, 6) is 0. The van der Waals surface area contributed by atoms with Crippen molar-refractivity contribution in [3.8, 4) is 0 Å². The molecule has 0 saturated carbocycles. The van der Waals surface area contributed by atoms with Crippen LogP contribution in [-0.2, 0) is 0 Å². The van der Waals surface area contributed by atoms with Crippen LogP contribution in [0.3, 0.4) is 0 Å². The Bertz CT molecular complexity index is 1660. The van der Waals surface area contributed by atoms with Crippen molar-refractivity contribution in [2.75, 3.05) is 0 Å². The van der Waals surface area contributed by atoms with Crippen LogP contribution < -0.4 is 31.1 Å². The molecule has 0 saturated heterocycles. The summed E-state index contributed by atoms with van der Waals surface area (Å²) < 4.78 is 16.1. The molecule has 10 heteroatoms. The summed E-state index contributed by atoms with van der Waals surface area (Å²) in [4.78, 5) is 0. The minimum absolute atomic E-state index is 0. The molecule has 6 aromatic rings. The topological polar surface area (TPSA) is 42.3 Å². The predicted molar refractivity (Wildman–Crippen MR) is 271 cm³/mol. The first-order chi connectivity index (χ1) is 26.8. The van der Waals surface area contributed by atoms with Gasteiger partial charge < -0.3 is 13.9 Å². The van der Waals surface area contributed by atoms with Crippen molar-refractivity contribution in [3.05, 3.63) is 196 Å². The molecule has 0 aliphatic rings. The maximum absolute atomic E-state index is 5.36. The largest absolute Gasteiger partial charge is 3.00 e. The van der Waals surface area contributed by atoms with E-state index in [1.165, 1.54) is 31.1 Å². The van der Waals surface area contributed by atoms with Crippen LogP contribution in [0.5, 0.6) is 0 Å². The molecule has 3 nitrogen and oxygen atoms in total. The van der Waals surface area contributed by atoms with Crippen molar-refractivity contribution < 1.29 is 40.8 Å². The van der Waals surface area contributed by atoms with Crippen LogP contribution in [0, 0.1) is 40.8 Å². The zero-order valence-electron chi connectivity index (χ0n) is 37.2. The van der Waals surface area contributed by atoms with Crippen LogP contribution in [0.2, 0.25) is 78.6 Å². The molecular formula is C48H66N3NdSi6. The Balaban J connectivity index is 0.000000231. The first-order valence-corrected chi connectivity index (χ1v) is 38.0. The number of nitrogens with zero attached hydrogens (tertiary/aromatic N) is 3. The van der Waals surface area contributed by atoms with E-state index >= 15 is 0 Å². The molecule has 301 valence electrons. The molecule has 0 amide bonds. The van der Waals surface area contributed by atoms with Gasteiger partial charge in [0, 0.05) is 0 Å². The first-order valence-electron chi connectivity index (χ1n) is 20.3. The standard InChI is InChI=1S/3C16H22NSi2.Nd/c3*1-18(2,15-11-7-5-8-12-15)17-19(3,4)16-13-9-6-10-14-16;/h3*5-14H,1-4H3;/q3*-1;+3. The van der Waals surface area contributed by atoms with Crippen molar-refractivity contribution in [2.45, 2.75) is 78.6 Å². The van der Waals surface area contributed by atoms with Gasteiger partial charge in [-0.05, 0) is 49.4 Å². The molecule has 0 bridgehead atoms. The second kappa shape index (κ2) is 22.1. The van der Waals surface area contributed by atoms with Crippen LogP contribution in [-0.4, -0.2) is 49.4 Å². The van der Waals surface area contributed by atoms with Crippen molar-refractivity contribution in [1.29, 1.82) is 0 Å². The molecular weight excluding hydrogens is 931 g/mol. The normalized spacial score (nSPS) is 12.2. The molecule has 0 N–H and O–H groups in total. The van der Waals surface area contributed by atoms with E-state index in [0.29, 0.717) is 0 Å². The van der Waals surface area contributed by atoms with E-state index in [2.05, 4.69) is 261 Å². The van der Waals surface area contributed by atoms with Gasteiger partial charge in [0.05, 0.1) is 0 Å². The molecule has 0 fully saturated rings. The minimum Gasteiger partial charge on any atom is -0.660 e. The van der Waals surface area contributed by atoms with Gasteiger partial charge in [-0.2, -0.15) is 0 Å². The van der Waals surface area contributed by atoms with Gasteiger partial charge in [0.25, 0.3) is 0 Å². The fourth-order valence-corrected chi connectivity index (χ4v) is 33.5. The van der Waals surface area contributed by atoms with Crippen molar-refractivity contribution in [1.82, 2.24) is 0 Å². The Hall–Kier alpha value is -2.15. The maximum atomic E-state index is 5.36. The van der Waals surface area contributed by atoms with Crippen LogP contribution >= 0.6 is 0 Å². The molecule has 0 unspecified atom stereocenters. The van der Waals surface area contributed by atoms with Crippen LogP contribution in [0.15, 0.2) is 182 Å². The van der Waals surface area contributed by atoms with Gasteiger partial charge in [-0.1, -0.05) is 292 Å². The molecule has 0 aliphatic carbocycles. The first kappa shape index (κ1) is 50.2. The van der Waals surface area contributed by atoms with E-state index < -0.39 is 49.4 Å². The van der Waals surface area contributed by atoms with Gasteiger partial charge in [0.15, 0.2) is 0 Å². The van der Waals surface area contributed by atoms with Crippen LogP contribution in [0.4, 0.5) is 0 Å². The van der Waals surface area contributed by atoms with E-state index in [0.717, 1.165) is 0 Å². The Morgan fingerprint density at radius 1 is 0.207 bits per heavy atom. The Kier molecular flexibility index (Phi) is 19.1. The Morgan fingerprint density at radius 2 is 0.310 bits per heavy atom. The molecule has 6 rings (SSSR count). The summed E-state index contributed by atoms with van der Waals surface area (Å²) in [6.07, 6.45) is 0. The van der Waals surface area contributed by atoms with Crippen molar-refractivity contribution in [3.63, 3.8) is 0 Å². The molecule has 1 radical (unpaired) electrons. The Morgan fingerprint density at radius 3 is 0.414 bits per heavy atom. The number of hydrogen-bond donors (Lipinski definition) is 0. The maximum Gasteiger partial charge on any atom is 3.00 e. The third-order valence-corrected chi connectivity index (χ3v) is 34.5. The quantitative estimate of drug-likeness (QED) is 0.110. The van der Waals surface area contributed by atoms with Crippen molar-refractivity contribution in [2.24, 2.45) is 0 Å². The molecule has 6 aromatic carbocycles.